The third-order valence-corrected chi connectivity index (χ3v) is 4.53. The minimum Gasteiger partial charge on any atom is -0.507 e. The molecule has 1 aromatic heterocycles. The van der Waals surface area contributed by atoms with Gasteiger partial charge in [0.15, 0.2) is 5.58 Å². The summed E-state index contributed by atoms with van der Waals surface area (Å²) in [5, 5.41) is 24.0. The van der Waals surface area contributed by atoms with Crippen molar-refractivity contribution in [3.8, 4) is 17.2 Å². The highest BCUT2D eigenvalue weighted by Gasteiger charge is 2.19. The van der Waals surface area contributed by atoms with Crippen molar-refractivity contribution in [1.29, 1.82) is 0 Å². The van der Waals surface area contributed by atoms with Crippen molar-refractivity contribution in [2.75, 3.05) is 5.32 Å². The quantitative estimate of drug-likeness (QED) is 0.297. The first kappa shape index (κ1) is 18.2. The molecule has 4 rings (SSSR count). The number of rotatable bonds is 4. The molecule has 0 aliphatic carbocycles. The lowest BCUT2D eigenvalue weighted by atomic mass is 10.1. The predicted molar refractivity (Wildman–Crippen MR) is 107 cm³/mol. The summed E-state index contributed by atoms with van der Waals surface area (Å²) in [4.78, 5) is 27.6. The number of benzene rings is 3. The molecule has 0 atom stereocenters. The van der Waals surface area contributed by atoms with Crippen LogP contribution in [0.4, 0.5) is 11.4 Å². The van der Waals surface area contributed by atoms with Gasteiger partial charge in [-0.15, -0.1) is 0 Å². The fourth-order valence-corrected chi connectivity index (χ4v) is 3.04. The number of aromatic hydroxyl groups is 1. The van der Waals surface area contributed by atoms with Crippen molar-refractivity contribution in [3.63, 3.8) is 0 Å². The summed E-state index contributed by atoms with van der Waals surface area (Å²) in [7, 11) is 0. The van der Waals surface area contributed by atoms with Crippen molar-refractivity contribution in [1.82, 2.24) is 4.98 Å². The van der Waals surface area contributed by atoms with E-state index in [1.165, 1.54) is 43.3 Å². The zero-order valence-corrected chi connectivity index (χ0v) is 15.2. The van der Waals surface area contributed by atoms with Crippen LogP contribution in [0.2, 0.25) is 0 Å². The van der Waals surface area contributed by atoms with E-state index in [4.69, 9.17) is 4.42 Å². The number of hydrogen-bond acceptors (Lipinski definition) is 6. The zero-order valence-electron chi connectivity index (χ0n) is 15.2. The highest BCUT2D eigenvalue weighted by molar-refractivity contribution is 6.06. The maximum Gasteiger partial charge on any atom is 0.273 e. The molecule has 0 saturated heterocycles. The largest absolute Gasteiger partial charge is 0.507 e. The van der Waals surface area contributed by atoms with E-state index in [0.29, 0.717) is 22.4 Å². The summed E-state index contributed by atoms with van der Waals surface area (Å²) in [5.41, 5.74) is 2.25. The number of carbonyl (C=O) groups excluding carboxylic acids is 1. The lowest BCUT2D eigenvalue weighted by Crippen LogP contribution is -2.14. The molecule has 0 aliphatic heterocycles. The van der Waals surface area contributed by atoms with E-state index in [1.54, 1.807) is 12.1 Å². The van der Waals surface area contributed by atoms with E-state index >= 15 is 0 Å². The number of nitrogens with one attached hydrogen (secondary N) is 1. The number of carbonyl (C=O) groups is 1. The Morgan fingerprint density at radius 1 is 1.14 bits per heavy atom. The van der Waals surface area contributed by atoms with E-state index < -0.39 is 10.8 Å². The fourth-order valence-electron chi connectivity index (χ4n) is 3.04. The van der Waals surface area contributed by atoms with Crippen molar-refractivity contribution >= 4 is 28.4 Å². The second-order valence-corrected chi connectivity index (χ2v) is 6.38. The molecule has 1 amide bonds. The Morgan fingerprint density at radius 3 is 2.69 bits per heavy atom. The topological polar surface area (TPSA) is 118 Å². The van der Waals surface area contributed by atoms with E-state index in [-0.39, 0.29) is 28.5 Å². The zero-order chi connectivity index (χ0) is 20.5. The first-order chi connectivity index (χ1) is 13.9. The lowest BCUT2D eigenvalue weighted by molar-refractivity contribution is -0.385. The second kappa shape index (κ2) is 7.08. The number of anilines is 1. The van der Waals surface area contributed by atoms with Crippen LogP contribution in [0, 0.1) is 17.0 Å². The fraction of sp³-hybridized carbons (Fsp3) is 0.0476. The number of nitro benzene ring substituents is 1. The maximum absolute atomic E-state index is 12.6. The molecule has 144 valence electrons. The second-order valence-electron chi connectivity index (χ2n) is 6.38. The number of amides is 1. The molecule has 29 heavy (non-hydrogen) atoms. The molecule has 0 bridgehead atoms. The van der Waals surface area contributed by atoms with Crippen LogP contribution in [0.5, 0.6) is 5.75 Å². The van der Waals surface area contributed by atoms with Gasteiger partial charge in [0.05, 0.1) is 10.5 Å². The Morgan fingerprint density at radius 2 is 1.93 bits per heavy atom. The average Bonchev–Trinajstić information content (AvgIpc) is 3.13. The Balaban J connectivity index is 1.67. The summed E-state index contributed by atoms with van der Waals surface area (Å²) < 4.78 is 5.68. The molecule has 8 nitrogen and oxygen atoms in total. The van der Waals surface area contributed by atoms with Gasteiger partial charge in [-0.25, -0.2) is 4.98 Å². The first-order valence-corrected chi connectivity index (χ1v) is 8.68. The highest BCUT2D eigenvalue weighted by atomic mass is 16.6. The summed E-state index contributed by atoms with van der Waals surface area (Å²) in [5.74, 6) is -0.340. The molecule has 0 saturated carbocycles. The Labute approximate surface area is 164 Å². The van der Waals surface area contributed by atoms with Gasteiger partial charge in [-0.2, -0.15) is 0 Å². The Hall–Kier alpha value is -4.20. The minimum atomic E-state index is -0.530. The summed E-state index contributed by atoms with van der Waals surface area (Å²) in [6.45, 7) is 1.52. The van der Waals surface area contributed by atoms with E-state index in [9.17, 15) is 20.0 Å². The Bertz CT molecular complexity index is 1230. The van der Waals surface area contributed by atoms with Crippen molar-refractivity contribution in [3.05, 3.63) is 81.9 Å². The Kier molecular flexibility index (Phi) is 4.44. The van der Waals surface area contributed by atoms with Crippen molar-refractivity contribution < 1.29 is 19.2 Å². The SMILES string of the molecule is Cc1c(C(=O)Nc2ccc(O)c(-c3nc4ccccc4o3)c2)cccc1[N+](=O)[O-]. The monoisotopic (exact) mass is 389 g/mol. The molecule has 0 fully saturated rings. The number of nitro groups is 1. The molecule has 0 aliphatic rings. The van der Waals surface area contributed by atoms with Gasteiger partial charge in [-0.05, 0) is 43.3 Å². The molecular formula is C21H15N3O5. The molecule has 0 radical (unpaired) electrons. The standard InChI is InChI=1S/C21H15N3O5/c1-12-14(5-4-7-17(12)24(27)28)20(26)22-13-9-10-18(25)15(11-13)21-23-16-6-2-3-8-19(16)29-21/h2-11,25H,1H3,(H,22,26). The van der Waals surface area contributed by atoms with Crippen LogP contribution in [0.1, 0.15) is 15.9 Å². The summed E-state index contributed by atoms with van der Waals surface area (Å²) >= 11 is 0. The van der Waals surface area contributed by atoms with E-state index in [2.05, 4.69) is 10.3 Å². The number of para-hydroxylation sites is 2. The van der Waals surface area contributed by atoms with Gasteiger partial charge in [-0.1, -0.05) is 18.2 Å². The number of aromatic nitrogens is 1. The van der Waals surface area contributed by atoms with Gasteiger partial charge in [0.1, 0.15) is 11.3 Å². The van der Waals surface area contributed by atoms with Crippen LogP contribution in [0.3, 0.4) is 0 Å². The van der Waals surface area contributed by atoms with Gasteiger partial charge < -0.3 is 14.8 Å². The number of fused-ring (bicyclic) bond motifs is 1. The van der Waals surface area contributed by atoms with Crippen molar-refractivity contribution in [2.45, 2.75) is 6.92 Å². The van der Waals surface area contributed by atoms with Gasteiger partial charge >= 0.3 is 0 Å². The predicted octanol–water partition coefficient (Wildman–Crippen LogP) is 4.67. The highest BCUT2D eigenvalue weighted by Crippen LogP contribution is 2.33. The number of hydrogen-bond donors (Lipinski definition) is 2. The molecule has 8 heteroatoms. The third-order valence-electron chi connectivity index (χ3n) is 4.53. The minimum absolute atomic E-state index is 0.0546. The molecule has 2 N–H and O–H groups in total. The molecular weight excluding hydrogens is 374 g/mol. The van der Waals surface area contributed by atoms with Crippen LogP contribution in [0.15, 0.2) is 65.1 Å². The van der Waals surface area contributed by atoms with Crippen LogP contribution >= 0.6 is 0 Å². The molecule has 3 aromatic carbocycles. The maximum atomic E-state index is 12.6. The molecule has 1 heterocycles. The molecule has 0 spiro atoms. The summed E-state index contributed by atoms with van der Waals surface area (Å²) in [6.07, 6.45) is 0. The van der Waals surface area contributed by atoms with Gasteiger partial charge in [0.2, 0.25) is 5.89 Å². The number of oxazole rings is 1. The normalized spacial score (nSPS) is 10.8. The van der Waals surface area contributed by atoms with Crippen LogP contribution < -0.4 is 5.32 Å². The van der Waals surface area contributed by atoms with Gasteiger partial charge in [-0.3, -0.25) is 14.9 Å². The van der Waals surface area contributed by atoms with Crippen LogP contribution in [-0.2, 0) is 0 Å². The molecule has 0 unspecified atom stereocenters. The lowest BCUT2D eigenvalue weighted by Gasteiger charge is -2.09. The van der Waals surface area contributed by atoms with Gasteiger partial charge in [0.25, 0.3) is 11.6 Å². The van der Waals surface area contributed by atoms with Gasteiger partial charge in [0, 0.05) is 22.9 Å². The van der Waals surface area contributed by atoms with Crippen molar-refractivity contribution in [2.24, 2.45) is 0 Å². The third kappa shape index (κ3) is 3.39. The van der Waals surface area contributed by atoms with E-state index in [0.717, 1.165) is 0 Å². The smallest absolute Gasteiger partial charge is 0.273 e. The first-order valence-electron chi connectivity index (χ1n) is 8.68. The number of phenols is 1. The average molecular weight is 389 g/mol. The molecule has 4 aromatic rings. The van der Waals surface area contributed by atoms with E-state index in [1.807, 2.05) is 12.1 Å². The summed E-state index contributed by atoms with van der Waals surface area (Å²) in [6, 6.07) is 16.0. The van der Waals surface area contributed by atoms with Crippen LogP contribution in [0.25, 0.3) is 22.6 Å². The number of phenolic OH excluding ortho intramolecular Hbond substituents is 1. The number of nitrogens with zero attached hydrogens (tertiary/aromatic N) is 2. The van der Waals surface area contributed by atoms with Crippen LogP contribution in [-0.4, -0.2) is 20.9 Å².